The van der Waals surface area contributed by atoms with Gasteiger partial charge in [0.2, 0.25) is 0 Å². The van der Waals surface area contributed by atoms with Gasteiger partial charge in [-0.3, -0.25) is 0 Å². The monoisotopic (exact) mass is 308 g/mol. The average Bonchev–Trinajstić information content (AvgIpc) is 2.94. The van der Waals surface area contributed by atoms with Gasteiger partial charge in [-0.2, -0.15) is 0 Å². The van der Waals surface area contributed by atoms with Gasteiger partial charge in [-0.05, 0) is 49.6 Å². The van der Waals surface area contributed by atoms with Gasteiger partial charge >= 0.3 is 12.1 Å². The second-order valence-corrected chi connectivity index (χ2v) is 6.37. The molecule has 2 aliphatic rings. The van der Waals surface area contributed by atoms with Gasteiger partial charge in [-0.15, -0.1) is 11.3 Å². The second kappa shape index (κ2) is 5.18. The molecule has 1 fully saturated rings. The van der Waals surface area contributed by atoms with Crippen molar-refractivity contribution in [2.75, 3.05) is 0 Å². The average molecular weight is 308 g/mol. The minimum Gasteiger partial charge on any atom is -0.449 e. The van der Waals surface area contributed by atoms with E-state index in [0.717, 1.165) is 29.7 Å². The molecule has 0 radical (unpaired) electrons. The Morgan fingerprint density at radius 1 is 1.38 bits per heavy atom. The van der Waals surface area contributed by atoms with Crippen LogP contribution in [-0.4, -0.2) is 22.8 Å². The molecule has 5 nitrogen and oxygen atoms in total. The van der Waals surface area contributed by atoms with E-state index in [4.69, 9.17) is 14.6 Å². The highest BCUT2D eigenvalue weighted by atomic mass is 32.1. The van der Waals surface area contributed by atoms with E-state index < -0.39 is 17.7 Å². The molecule has 112 valence electrons. The van der Waals surface area contributed by atoms with Crippen LogP contribution >= 0.6 is 11.3 Å². The fourth-order valence-electron chi connectivity index (χ4n) is 3.10. The fourth-order valence-corrected chi connectivity index (χ4v) is 4.06. The van der Waals surface area contributed by atoms with Crippen molar-refractivity contribution in [1.82, 2.24) is 0 Å². The van der Waals surface area contributed by atoms with Crippen LogP contribution in [-0.2, 0) is 14.3 Å². The van der Waals surface area contributed by atoms with Crippen LogP contribution in [0.25, 0.3) is 5.57 Å². The number of carbonyl (C=O) groups is 2. The zero-order valence-corrected chi connectivity index (χ0v) is 12.5. The maximum atomic E-state index is 12.3. The highest BCUT2D eigenvalue weighted by Crippen LogP contribution is 2.48. The van der Waals surface area contributed by atoms with Crippen LogP contribution in [0, 0.1) is 6.92 Å². The molecule has 21 heavy (non-hydrogen) atoms. The van der Waals surface area contributed by atoms with Crippen molar-refractivity contribution >= 4 is 29.0 Å². The van der Waals surface area contributed by atoms with Crippen LogP contribution in [0.15, 0.2) is 17.2 Å². The number of carboxylic acid groups (broad SMARTS) is 1. The molecule has 0 saturated heterocycles. The highest BCUT2D eigenvalue weighted by molar-refractivity contribution is 7.11. The Hall–Kier alpha value is -1.82. The third-order valence-corrected chi connectivity index (χ3v) is 5.11. The molecule has 0 bridgehead atoms. The van der Waals surface area contributed by atoms with E-state index in [1.807, 2.05) is 18.4 Å². The van der Waals surface area contributed by atoms with E-state index in [1.165, 1.54) is 11.3 Å². The van der Waals surface area contributed by atoms with Gasteiger partial charge in [0, 0.05) is 4.88 Å². The van der Waals surface area contributed by atoms with Gasteiger partial charge in [-0.1, -0.05) is 6.42 Å². The lowest BCUT2D eigenvalue weighted by Gasteiger charge is -2.32. The Labute approximate surface area is 126 Å². The number of ether oxygens (including phenoxy) is 2. The minimum absolute atomic E-state index is 0.185. The zero-order chi connectivity index (χ0) is 15.0. The van der Waals surface area contributed by atoms with Crippen molar-refractivity contribution in [3.8, 4) is 0 Å². The number of hydrogen-bond acceptors (Lipinski definition) is 5. The molecule has 1 aliphatic carbocycles. The molecular weight excluding hydrogens is 292 g/mol. The lowest BCUT2D eigenvalue weighted by molar-refractivity contribution is -0.149. The van der Waals surface area contributed by atoms with Crippen molar-refractivity contribution in [2.45, 2.75) is 44.6 Å². The maximum Gasteiger partial charge on any atom is 0.511 e. The first kappa shape index (κ1) is 14.1. The molecule has 2 heterocycles. The Morgan fingerprint density at radius 3 is 2.67 bits per heavy atom. The summed E-state index contributed by atoms with van der Waals surface area (Å²) in [4.78, 5) is 24.1. The van der Waals surface area contributed by atoms with Crippen molar-refractivity contribution in [2.24, 2.45) is 0 Å². The number of aryl methyl sites for hydroxylation is 1. The lowest BCUT2D eigenvalue weighted by atomic mass is 9.83. The number of thiophene rings is 1. The SMILES string of the molecule is Cc1ccsc1C1=C(OC(=O)O)C2(CCCCC2)OC1=O. The molecule has 0 amide bonds. The van der Waals surface area contributed by atoms with Gasteiger partial charge in [0.05, 0.1) is 0 Å². The number of hydrogen-bond donors (Lipinski definition) is 1. The van der Waals surface area contributed by atoms with Crippen LogP contribution < -0.4 is 0 Å². The van der Waals surface area contributed by atoms with E-state index in [0.29, 0.717) is 12.8 Å². The van der Waals surface area contributed by atoms with E-state index in [-0.39, 0.29) is 11.3 Å². The molecule has 1 N–H and O–H groups in total. The number of esters is 1. The third-order valence-electron chi connectivity index (χ3n) is 4.07. The summed E-state index contributed by atoms with van der Waals surface area (Å²) < 4.78 is 10.6. The highest BCUT2D eigenvalue weighted by Gasteiger charge is 2.51. The normalized spacial score (nSPS) is 20.7. The predicted molar refractivity (Wildman–Crippen MR) is 77.0 cm³/mol. The molecule has 3 rings (SSSR count). The Bertz CT molecular complexity index is 622. The molecule has 0 aromatic carbocycles. The Balaban J connectivity index is 2.13. The summed E-state index contributed by atoms with van der Waals surface area (Å²) in [5, 5.41) is 10.9. The minimum atomic E-state index is -1.40. The van der Waals surface area contributed by atoms with E-state index >= 15 is 0 Å². The summed E-state index contributed by atoms with van der Waals surface area (Å²) in [6.07, 6.45) is 2.70. The lowest BCUT2D eigenvalue weighted by Crippen LogP contribution is -2.36. The van der Waals surface area contributed by atoms with Gasteiger partial charge < -0.3 is 14.6 Å². The van der Waals surface area contributed by atoms with E-state index in [2.05, 4.69) is 0 Å². The first-order chi connectivity index (χ1) is 10.0. The molecule has 6 heteroatoms. The molecule has 1 aromatic rings. The summed E-state index contributed by atoms with van der Waals surface area (Å²) in [5.41, 5.74) is 0.317. The first-order valence-electron chi connectivity index (χ1n) is 6.97. The van der Waals surface area contributed by atoms with Gasteiger partial charge in [-0.25, -0.2) is 9.59 Å². The largest absolute Gasteiger partial charge is 0.511 e. The summed E-state index contributed by atoms with van der Waals surface area (Å²) in [5.74, 6) is -0.288. The van der Waals surface area contributed by atoms with Gasteiger partial charge in [0.25, 0.3) is 0 Å². The van der Waals surface area contributed by atoms with Gasteiger partial charge in [0.1, 0.15) is 5.57 Å². The van der Waals surface area contributed by atoms with Gasteiger partial charge in [0.15, 0.2) is 11.4 Å². The Kier molecular flexibility index (Phi) is 3.49. The molecule has 1 aromatic heterocycles. The van der Waals surface area contributed by atoms with Crippen molar-refractivity contribution < 1.29 is 24.2 Å². The molecule has 1 spiro atoms. The van der Waals surface area contributed by atoms with Crippen LogP contribution in [0.2, 0.25) is 0 Å². The third kappa shape index (κ3) is 2.33. The topological polar surface area (TPSA) is 72.8 Å². The number of carbonyl (C=O) groups excluding carboxylic acids is 1. The standard InChI is InChI=1S/C15H16O5S/c1-9-5-8-21-11(9)10-12(19-14(17)18)15(20-13(10)16)6-3-2-4-7-15/h5,8H,2-4,6-7H2,1H3,(H,17,18). The van der Waals surface area contributed by atoms with Crippen molar-refractivity contribution in [3.63, 3.8) is 0 Å². The second-order valence-electron chi connectivity index (χ2n) is 5.45. The maximum absolute atomic E-state index is 12.3. The van der Waals surface area contributed by atoms with Crippen LogP contribution in [0.1, 0.15) is 42.5 Å². The Morgan fingerprint density at radius 2 is 2.10 bits per heavy atom. The first-order valence-corrected chi connectivity index (χ1v) is 7.85. The molecule has 1 saturated carbocycles. The summed E-state index contributed by atoms with van der Waals surface area (Å²) >= 11 is 1.40. The van der Waals surface area contributed by atoms with E-state index in [9.17, 15) is 9.59 Å². The smallest absolute Gasteiger partial charge is 0.449 e. The molecule has 1 aliphatic heterocycles. The predicted octanol–water partition coefficient (Wildman–Crippen LogP) is 3.72. The number of rotatable bonds is 2. The van der Waals surface area contributed by atoms with Crippen LogP contribution in [0.3, 0.4) is 0 Å². The summed E-state index contributed by atoms with van der Waals surface area (Å²) in [6.45, 7) is 1.89. The zero-order valence-electron chi connectivity index (χ0n) is 11.7. The molecule has 0 atom stereocenters. The van der Waals surface area contributed by atoms with Crippen LogP contribution in [0.5, 0.6) is 0 Å². The fraction of sp³-hybridized carbons (Fsp3) is 0.467. The van der Waals surface area contributed by atoms with Crippen molar-refractivity contribution in [3.05, 3.63) is 27.6 Å². The molecule has 0 unspecified atom stereocenters. The van der Waals surface area contributed by atoms with E-state index in [1.54, 1.807) is 0 Å². The van der Waals surface area contributed by atoms with Crippen LogP contribution in [0.4, 0.5) is 4.79 Å². The molecular formula is C15H16O5S. The quantitative estimate of drug-likeness (QED) is 0.843. The summed E-state index contributed by atoms with van der Waals surface area (Å²) in [6, 6.07) is 1.89. The summed E-state index contributed by atoms with van der Waals surface area (Å²) in [7, 11) is 0. The van der Waals surface area contributed by atoms with Crippen molar-refractivity contribution in [1.29, 1.82) is 0 Å².